The van der Waals surface area contributed by atoms with Gasteiger partial charge in [0.1, 0.15) is 0 Å². The molecule has 1 aliphatic rings. The van der Waals surface area contributed by atoms with E-state index in [1.54, 1.807) is 0 Å². The second-order valence-corrected chi connectivity index (χ2v) is 5.99. The van der Waals surface area contributed by atoms with Crippen LogP contribution in [0.15, 0.2) is 36.7 Å². The Labute approximate surface area is 146 Å². The number of hydrogen-bond donors (Lipinski definition) is 3. The molecule has 1 aliphatic carbocycles. The van der Waals surface area contributed by atoms with Crippen LogP contribution in [0.5, 0.6) is 0 Å². The zero-order valence-corrected chi connectivity index (χ0v) is 14.2. The molecule has 7 nitrogen and oxygen atoms in total. The molecular formula is C18H21N5O2. The quantitative estimate of drug-likeness (QED) is 0.766. The van der Waals surface area contributed by atoms with Crippen molar-refractivity contribution in [2.45, 2.75) is 32.4 Å². The third kappa shape index (κ3) is 3.76. The summed E-state index contributed by atoms with van der Waals surface area (Å²) in [6.45, 7) is 4.14. The highest BCUT2D eigenvalue weighted by Gasteiger charge is 2.34. The zero-order valence-electron chi connectivity index (χ0n) is 14.2. The largest absolute Gasteiger partial charge is 0.355 e. The maximum Gasteiger partial charge on any atom is 0.254 e. The zero-order chi connectivity index (χ0) is 17.8. The first-order valence-corrected chi connectivity index (χ1v) is 8.30. The average molecular weight is 339 g/mol. The smallest absolute Gasteiger partial charge is 0.254 e. The van der Waals surface area contributed by atoms with Crippen LogP contribution in [0.3, 0.4) is 0 Å². The summed E-state index contributed by atoms with van der Waals surface area (Å²) in [5.41, 5.74) is 2.54. The van der Waals surface area contributed by atoms with Crippen molar-refractivity contribution >= 4 is 17.8 Å². The Hall–Kier alpha value is -2.96. The van der Waals surface area contributed by atoms with Crippen LogP contribution in [-0.2, 0) is 11.2 Å². The van der Waals surface area contributed by atoms with Gasteiger partial charge in [-0.2, -0.15) is 0 Å². The van der Waals surface area contributed by atoms with E-state index in [4.69, 9.17) is 0 Å². The third-order valence-electron chi connectivity index (χ3n) is 4.16. The Balaban J connectivity index is 1.78. The Morgan fingerprint density at radius 1 is 1.16 bits per heavy atom. The van der Waals surface area contributed by atoms with E-state index in [-0.39, 0.29) is 23.9 Å². The summed E-state index contributed by atoms with van der Waals surface area (Å²) in [5.74, 6) is 0.108. The van der Waals surface area contributed by atoms with Crippen LogP contribution in [0.1, 0.15) is 41.4 Å². The second-order valence-electron chi connectivity index (χ2n) is 5.99. The number of rotatable bonds is 5. The first-order valence-electron chi connectivity index (χ1n) is 8.30. The van der Waals surface area contributed by atoms with Crippen molar-refractivity contribution in [3.8, 4) is 0 Å². The highest BCUT2D eigenvalue weighted by molar-refractivity contribution is 5.94. The number of carbonyl (C=O) groups is 2. The van der Waals surface area contributed by atoms with Gasteiger partial charge in [0.05, 0.1) is 17.6 Å². The number of aromatic nitrogens is 2. The van der Waals surface area contributed by atoms with Crippen LogP contribution in [0.25, 0.3) is 0 Å². The SMILES string of the molecule is CCNc1ncc(C(=O)N[C@@H]2c3ccccc3C[C@H]2NC(C)=O)cn1. The van der Waals surface area contributed by atoms with E-state index < -0.39 is 0 Å². The standard InChI is InChI=1S/C18H21N5O2/c1-3-19-18-20-9-13(10-21-18)17(25)23-16-14-7-5-4-6-12(14)8-15(16)22-11(2)24/h4-7,9-10,15-16H,3,8H2,1-2H3,(H,22,24)(H,23,25)(H,19,20,21)/t15-,16-/m1/s1. The molecule has 1 aromatic carbocycles. The van der Waals surface area contributed by atoms with Gasteiger partial charge in [-0.1, -0.05) is 24.3 Å². The van der Waals surface area contributed by atoms with Crippen molar-refractivity contribution < 1.29 is 9.59 Å². The Bertz CT molecular complexity index is 775. The monoisotopic (exact) mass is 339 g/mol. The number of nitrogens with one attached hydrogen (secondary N) is 3. The molecule has 0 unspecified atom stereocenters. The van der Waals surface area contributed by atoms with Crippen LogP contribution >= 0.6 is 0 Å². The number of benzene rings is 1. The summed E-state index contributed by atoms with van der Waals surface area (Å²) < 4.78 is 0. The van der Waals surface area contributed by atoms with Gasteiger partial charge in [-0.3, -0.25) is 9.59 Å². The lowest BCUT2D eigenvalue weighted by Gasteiger charge is -2.22. The van der Waals surface area contributed by atoms with Crippen molar-refractivity contribution in [3.63, 3.8) is 0 Å². The Morgan fingerprint density at radius 2 is 1.88 bits per heavy atom. The molecule has 1 heterocycles. The summed E-state index contributed by atoms with van der Waals surface area (Å²) in [6, 6.07) is 7.45. The molecule has 0 saturated heterocycles. The topological polar surface area (TPSA) is 96.0 Å². The lowest BCUT2D eigenvalue weighted by Crippen LogP contribution is -2.43. The maximum atomic E-state index is 12.6. The van der Waals surface area contributed by atoms with Gasteiger partial charge in [0.15, 0.2) is 0 Å². The molecule has 0 spiro atoms. The van der Waals surface area contributed by atoms with E-state index in [1.807, 2.05) is 31.2 Å². The molecule has 130 valence electrons. The average Bonchev–Trinajstić information content (AvgIpc) is 2.92. The first-order chi connectivity index (χ1) is 12.1. The molecule has 2 amide bonds. The summed E-state index contributed by atoms with van der Waals surface area (Å²) in [5, 5.41) is 8.92. The number of carbonyl (C=O) groups excluding carboxylic acids is 2. The van der Waals surface area contributed by atoms with Crippen molar-refractivity contribution in [3.05, 3.63) is 53.3 Å². The number of amides is 2. The highest BCUT2D eigenvalue weighted by atomic mass is 16.2. The van der Waals surface area contributed by atoms with Crippen LogP contribution in [0.4, 0.5) is 5.95 Å². The van der Waals surface area contributed by atoms with Crippen LogP contribution in [0.2, 0.25) is 0 Å². The van der Waals surface area contributed by atoms with Gasteiger partial charge >= 0.3 is 0 Å². The first kappa shape index (κ1) is 16.9. The lowest BCUT2D eigenvalue weighted by molar-refractivity contribution is -0.119. The summed E-state index contributed by atoms with van der Waals surface area (Å²) >= 11 is 0. The summed E-state index contributed by atoms with van der Waals surface area (Å²) in [7, 11) is 0. The van der Waals surface area contributed by atoms with Crippen LogP contribution in [0, 0.1) is 0 Å². The molecule has 0 aliphatic heterocycles. The van der Waals surface area contributed by atoms with Gasteiger partial charge in [0.25, 0.3) is 5.91 Å². The Morgan fingerprint density at radius 3 is 2.56 bits per heavy atom. The molecule has 7 heteroatoms. The van der Waals surface area contributed by atoms with E-state index in [0.717, 1.165) is 11.1 Å². The lowest BCUT2D eigenvalue weighted by atomic mass is 10.1. The van der Waals surface area contributed by atoms with Gasteiger partial charge < -0.3 is 16.0 Å². The molecule has 2 aromatic rings. The van der Waals surface area contributed by atoms with E-state index in [0.29, 0.717) is 24.5 Å². The highest BCUT2D eigenvalue weighted by Crippen LogP contribution is 2.31. The van der Waals surface area contributed by atoms with Gasteiger partial charge in [-0.25, -0.2) is 9.97 Å². The number of hydrogen-bond acceptors (Lipinski definition) is 5. The fraction of sp³-hybridized carbons (Fsp3) is 0.333. The van der Waals surface area contributed by atoms with Crippen molar-refractivity contribution in [1.29, 1.82) is 0 Å². The summed E-state index contributed by atoms with van der Waals surface area (Å²) in [4.78, 5) is 32.3. The number of nitrogens with zero attached hydrogens (tertiary/aromatic N) is 2. The van der Waals surface area contributed by atoms with Crippen molar-refractivity contribution in [2.75, 3.05) is 11.9 Å². The molecule has 3 rings (SSSR count). The Kier molecular flexibility index (Phi) is 4.92. The molecule has 2 atom stereocenters. The molecular weight excluding hydrogens is 318 g/mol. The number of fused-ring (bicyclic) bond motifs is 1. The van der Waals surface area contributed by atoms with E-state index >= 15 is 0 Å². The van der Waals surface area contributed by atoms with Gasteiger partial charge in [0.2, 0.25) is 11.9 Å². The normalized spacial score (nSPS) is 18.3. The van der Waals surface area contributed by atoms with E-state index in [1.165, 1.54) is 19.3 Å². The van der Waals surface area contributed by atoms with Gasteiger partial charge in [-0.15, -0.1) is 0 Å². The minimum atomic E-state index is -0.277. The van der Waals surface area contributed by atoms with E-state index in [2.05, 4.69) is 25.9 Å². The van der Waals surface area contributed by atoms with Crippen LogP contribution in [-0.4, -0.2) is 34.4 Å². The predicted octanol–water partition coefficient (Wildman–Crippen LogP) is 1.44. The second kappa shape index (κ2) is 7.29. The minimum Gasteiger partial charge on any atom is -0.355 e. The number of anilines is 1. The fourth-order valence-corrected chi connectivity index (χ4v) is 3.09. The van der Waals surface area contributed by atoms with Crippen molar-refractivity contribution in [2.24, 2.45) is 0 Å². The summed E-state index contributed by atoms with van der Waals surface area (Å²) in [6.07, 6.45) is 3.68. The van der Waals surface area contributed by atoms with Crippen molar-refractivity contribution in [1.82, 2.24) is 20.6 Å². The molecule has 0 radical (unpaired) electrons. The van der Waals surface area contributed by atoms with Gasteiger partial charge in [-0.05, 0) is 24.5 Å². The predicted molar refractivity (Wildman–Crippen MR) is 94.2 cm³/mol. The maximum absolute atomic E-state index is 12.6. The molecule has 1 aromatic heterocycles. The molecule has 3 N–H and O–H groups in total. The molecule has 25 heavy (non-hydrogen) atoms. The minimum absolute atomic E-state index is 0.115. The van der Waals surface area contributed by atoms with E-state index in [9.17, 15) is 9.59 Å². The third-order valence-corrected chi connectivity index (χ3v) is 4.16. The molecule has 0 fully saturated rings. The fourth-order valence-electron chi connectivity index (χ4n) is 3.09. The van der Waals surface area contributed by atoms with Crippen LogP contribution < -0.4 is 16.0 Å². The molecule has 0 saturated carbocycles. The van der Waals surface area contributed by atoms with Gasteiger partial charge in [0, 0.05) is 25.9 Å². The molecule has 0 bridgehead atoms.